The molecule has 0 heterocycles. The molecule has 0 saturated heterocycles. The summed E-state index contributed by atoms with van der Waals surface area (Å²) in [5.74, 6) is 0.657. The van der Waals surface area contributed by atoms with Gasteiger partial charge in [0.25, 0.3) is 0 Å². The van der Waals surface area contributed by atoms with Crippen molar-refractivity contribution >= 4 is 39.8 Å². The number of aliphatic imine (C=N–C) groups is 1. The summed E-state index contributed by atoms with van der Waals surface area (Å²) in [6.07, 6.45) is 5.32. The van der Waals surface area contributed by atoms with Crippen LogP contribution in [-0.2, 0) is 9.84 Å². The van der Waals surface area contributed by atoms with Crippen LogP contribution < -0.4 is 11.1 Å². The Labute approximate surface area is 127 Å². The number of nitrogens with zero attached hydrogens (tertiary/aromatic N) is 1. The van der Waals surface area contributed by atoms with E-state index < -0.39 is 9.84 Å². The fourth-order valence-corrected chi connectivity index (χ4v) is 3.28. The van der Waals surface area contributed by atoms with Crippen LogP contribution in [0.15, 0.2) is 4.99 Å². The molecule has 1 aliphatic carbocycles. The molecular weight excluding hydrogens is 365 g/mol. The van der Waals surface area contributed by atoms with E-state index in [1.54, 1.807) is 0 Å². The Balaban J connectivity index is 0.00000289. The van der Waals surface area contributed by atoms with E-state index in [0.29, 0.717) is 12.5 Å². The van der Waals surface area contributed by atoms with Crippen molar-refractivity contribution in [2.45, 2.75) is 32.6 Å². The zero-order valence-electron chi connectivity index (χ0n) is 11.1. The SMILES string of the molecule is CCCCNC(N)=NCC1(CS(C)(=O)=O)CC1.I. The van der Waals surface area contributed by atoms with Crippen LogP contribution in [-0.4, -0.2) is 39.5 Å². The number of guanidine groups is 1. The number of sulfone groups is 1. The molecule has 0 amide bonds. The van der Waals surface area contributed by atoms with E-state index in [1.165, 1.54) is 6.26 Å². The topological polar surface area (TPSA) is 84.5 Å². The largest absolute Gasteiger partial charge is 0.370 e. The number of halogens is 1. The van der Waals surface area contributed by atoms with Gasteiger partial charge in [-0.3, -0.25) is 4.99 Å². The second kappa shape index (κ2) is 7.52. The second-order valence-corrected chi connectivity index (χ2v) is 7.19. The molecule has 0 atom stereocenters. The van der Waals surface area contributed by atoms with Crippen molar-refractivity contribution in [3.63, 3.8) is 0 Å². The molecule has 1 rings (SSSR count). The molecule has 0 aromatic carbocycles. The van der Waals surface area contributed by atoms with Crippen LogP contribution in [0, 0.1) is 5.41 Å². The fraction of sp³-hybridized carbons (Fsp3) is 0.909. The lowest BCUT2D eigenvalue weighted by Crippen LogP contribution is -2.33. The summed E-state index contributed by atoms with van der Waals surface area (Å²) in [4.78, 5) is 4.23. The average molecular weight is 389 g/mol. The van der Waals surface area contributed by atoms with Crippen molar-refractivity contribution in [1.82, 2.24) is 5.32 Å². The summed E-state index contributed by atoms with van der Waals surface area (Å²) in [7, 11) is -2.92. The van der Waals surface area contributed by atoms with Gasteiger partial charge in [0.2, 0.25) is 0 Å². The molecule has 3 N–H and O–H groups in total. The number of hydrogen-bond acceptors (Lipinski definition) is 3. The lowest BCUT2D eigenvalue weighted by molar-refractivity contribution is 0.551. The van der Waals surface area contributed by atoms with Gasteiger partial charge in [0.05, 0.1) is 5.75 Å². The first-order valence-corrected chi connectivity index (χ1v) is 8.14. The zero-order valence-corrected chi connectivity index (χ0v) is 14.3. The minimum Gasteiger partial charge on any atom is -0.370 e. The van der Waals surface area contributed by atoms with Gasteiger partial charge in [-0.25, -0.2) is 8.42 Å². The van der Waals surface area contributed by atoms with E-state index in [9.17, 15) is 8.42 Å². The Morgan fingerprint density at radius 3 is 2.50 bits per heavy atom. The highest BCUT2D eigenvalue weighted by atomic mass is 127. The van der Waals surface area contributed by atoms with E-state index >= 15 is 0 Å². The van der Waals surface area contributed by atoms with Gasteiger partial charge in [-0.05, 0) is 19.3 Å². The van der Waals surface area contributed by atoms with Gasteiger partial charge >= 0.3 is 0 Å². The van der Waals surface area contributed by atoms with Crippen molar-refractivity contribution in [2.24, 2.45) is 16.1 Å². The van der Waals surface area contributed by atoms with Gasteiger partial charge in [-0.2, -0.15) is 0 Å². The lowest BCUT2D eigenvalue weighted by atomic mass is 10.1. The molecule has 0 aromatic heterocycles. The minimum absolute atomic E-state index is 0. The van der Waals surface area contributed by atoms with E-state index in [1.807, 2.05) is 0 Å². The Morgan fingerprint density at radius 1 is 1.44 bits per heavy atom. The van der Waals surface area contributed by atoms with Gasteiger partial charge in [0.1, 0.15) is 9.84 Å². The summed E-state index contributed by atoms with van der Waals surface area (Å²) in [6.45, 7) is 3.45. The highest BCUT2D eigenvalue weighted by Gasteiger charge is 2.45. The quantitative estimate of drug-likeness (QED) is 0.296. The van der Waals surface area contributed by atoms with Crippen molar-refractivity contribution < 1.29 is 8.42 Å². The molecule has 0 spiro atoms. The Morgan fingerprint density at radius 2 is 2.06 bits per heavy atom. The van der Waals surface area contributed by atoms with E-state index in [4.69, 9.17) is 5.73 Å². The fourth-order valence-electron chi connectivity index (χ4n) is 1.78. The van der Waals surface area contributed by atoms with E-state index in [2.05, 4.69) is 17.2 Å². The highest BCUT2D eigenvalue weighted by molar-refractivity contribution is 14.0. The maximum atomic E-state index is 11.2. The molecule has 0 aliphatic heterocycles. The van der Waals surface area contributed by atoms with Crippen molar-refractivity contribution in [2.75, 3.05) is 25.1 Å². The first kappa shape index (κ1) is 17.9. The van der Waals surface area contributed by atoms with Crippen LogP contribution >= 0.6 is 24.0 Å². The number of rotatable bonds is 7. The minimum atomic E-state index is -2.92. The van der Waals surface area contributed by atoms with Crippen molar-refractivity contribution in [3.05, 3.63) is 0 Å². The maximum Gasteiger partial charge on any atom is 0.188 e. The second-order valence-electron chi connectivity index (χ2n) is 5.05. The van der Waals surface area contributed by atoms with Crippen LogP contribution in [0.4, 0.5) is 0 Å². The Hall–Kier alpha value is -0.0500. The van der Waals surface area contributed by atoms with Gasteiger partial charge < -0.3 is 11.1 Å². The summed E-state index contributed by atoms with van der Waals surface area (Å²) in [5.41, 5.74) is 5.57. The van der Waals surface area contributed by atoms with Gasteiger partial charge in [-0.1, -0.05) is 13.3 Å². The molecule has 1 fully saturated rings. The highest BCUT2D eigenvalue weighted by Crippen LogP contribution is 2.46. The molecule has 0 bridgehead atoms. The molecule has 1 aliphatic rings. The molecule has 0 unspecified atom stereocenters. The standard InChI is InChI=1S/C11H23N3O2S.HI/c1-3-4-7-13-10(12)14-8-11(5-6-11)9-17(2,15)16;/h3-9H2,1-2H3,(H3,12,13,14);1H. The van der Waals surface area contributed by atoms with Crippen molar-refractivity contribution in [3.8, 4) is 0 Å². The van der Waals surface area contributed by atoms with Crippen molar-refractivity contribution in [1.29, 1.82) is 0 Å². The molecule has 108 valence electrons. The molecule has 7 heteroatoms. The van der Waals surface area contributed by atoms with Crippen LogP contribution in [0.5, 0.6) is 0 Å². The van der Waals surface area contributed by atoms with E-state index in [0.717, 1.165) is 32.2 Å². The lowest BCUT2D eigenvalue weighted by Gasteiger charge is -2.11. The third-order valence-electron chi connectivity index (χ3n) is 2.95. The predicted molar refractivity (Wildman–Crippen MR) is 86.2 cm³/mol. The molecular formula is C11H24IN3O2S. The monoisotopic (exact) mass is 389 g/mol. The summed E-state index contributed by atoms with van der Waals surface area (Å²) >= 11 is 0. The van der Waals surface area contributed by atoms with Crippen LogP contribution in [0.3, 0.4) is 0 Å². The Bertz CT molecular complexity index is 378. The predicted octanol–water partition coefficient (Wildman–Crippen LogP) is 1.13. The number of nitrogens with one attached hydrogen (secondary N) is 1. The molecule has 5 nitrogen and oxygen atoms in total. The number of nitrogens with two attached hydrogens (primary N) is 1. The number of unbranched alkanes of at least 4 members (excludes halogenated alkanes) is 1. The van der Waals surface area contributed by atoms with E-state index in [-0.39, 0.29) is 35.1 Å². The molecule has 1 saturated carbocycles. The van der Waals surface area contributed by atoms with Crippen LogP contribution in [0.2, 0.25) is 0 Å². The van der Waals surface area contributed by atoms with Gasteiger partial charge in [0.15, 0.2) is 5.96 Å². The maximum absolute atomic E-state index is 11.2. The third kappa shape index (κ3) is 7.40. The third-order valence-corrected chi connectivity index (χ3v) is 4.08. The molecule has 0 radical (unpaired) electrons. The van der Waals surface area contributed by atoms with Crippen LogP contribution in [0.25, 0.3) is 0 Å². The molecule has 18 heavy (non-hydrogen) atoms. The van der Waals surface area contributed by atoms with Gasteiger partial charge in [0, 0.05) is 24.8 Å². The zero-order chi connectivity index (χ0) is 12.9. The molecule has 0 aromatic rings. The Kier molecular flexibility index (Phi) is 7.50. The average Bonchev–Trinajstić information content (AvgIpc) is 2.93. The smallest absolute Gasteiger partial charge is 0.188 e. The summed E-state index contributed by atoms with van der Waals surface area (Å²) in [5, 5.41) is 3.03. The number of hydrogen-bond donors (Lipinski definition) is 2. The van der Waals surface area contributed by atoms with Gasteiger partial charge in [-0.15, -0.1) is 24.0 Å². The first-order valence-electron chi connectivity index (χ1n) is 6.08. The van der Waals surface area contributed by atoms with Crippen LogP contribution in [0.1, 0.15) is 32.6 Å². The summed E-state index contributed by atoms with van der Waals surface area (Å²) < 4.78 is 22.5. The first-order chi connectivity index (χ1) is 7.87. The summed E-state index contributed by atoms with van der Waals surface area (Å²) in [6, 6.07) is 0. The normalized spacial score (nSPS) is 18.0.